The van der Waals surface area contributed by atoms with Crippen LogP contribution >= 0.6 is 11.6 Å². The topological polar surface area (TPSA) is 29.5 Å². The van der Waals surface area contributed by atoms with E-state index < -0.39 is 6.09 Å². The lowest BCUT2D eigenvalue weighted by Gasteiger charge is -2.22. The van der Waals surface area contributed by atoms with Gasteiger partial charge in [0.1, 0.15) is 5.75 Å². The van der Waals surface area contributed by atoms with E-state index in [0.29, 0.717) is 10.8 Å². The maximum atomic E-state index is 12.3. The van der Waals surface area contributed by atoms with Crippen LogP contribution in [0, 0.1) is 6.92 Å². The number of ether oxygens (including phenoxy) is 1. The number of nitrogens with zero attached hydrogens (tertiary/aromatic N) is 1. The van der Waals surface area contributed by atoms with E-state index >= 15 is 0 Å². The van der Waals surface area contributed by atoms with Gasteiger partial charge in [-0.25, -0.2) is 4.79 Å². The monoisotopic (exact) mass is 331 g/mol. The molecule has 0 fully saturated rings. The van der Waals surface area contributed by atoms with Gasteiger partial charge in [-0.3, -0.25) is 4.90 Å². The number of rotatable bonds is 2. The Hall–Kier alpha value is -2.00. The highest BCUT2D eigenvalue weighted by Crippen LogP contribution is 2.32. The molecule has 0 unspecified atom stereocenters. The van der Waals surface area contributed by atoms with Crippen LogP contribution in [-0.2, 0) is 5.41 Å². The number of halogens is 1. The highest BCUT2D eigenvalue weighted by atomic mass is 35.5. The number of carbonyl (C=O) groups is 1. The van der Waals surface area contributed by atoms with Crippen LogP contribution in [0.15, 0.2) is 42.5 Å². The predicted molar refractivity (Wildman–Crippen MR) is 95.8 cm³/mol. The number of aryl methyl sites for hydroxylation is 1. The molecule has 4 heteroatoms. The van der Waals surface area contributed by atoms with Crippen molar-refractivity contribution >= 4 is 23.4 Å². The zero-order valence-electron chi connectivity index (χ0n) is 14.2. The van der Waals surface area contributed by atoms with Gasteiger partial charge in [-0.05, 0) is 53.8 Å². The van der Waals surface area contributed by atoms with Gasteiger partial charge in [0.2, 0.25) is 0 Å². The number of amides is 1. The Morgan fingerprint density at radius 2 is 1.83 bits per heavy atom. The third-order valence-corrected chi connectivity index (χ3v) is 3.94. The average Bonchev–Trinajstić information content (AvgIpc) is 2.47. The second kappa shape index (κ2) is 6.63. The summed E-state index contributed by atoms with van der Waals surface area (Å²) in [7, 11) is 1.69. The molecule has 3 nitrogen and oxygen atoms in total. The molecule has 122 valence electrons. The summed E-state index contributed by atoms with van der Waals surface area (Å²) < 4.78 is 5.49. The van der Waals surface area contributed by atoms with E-state index in [1.165, 1.54) is 4.90 Å². The molecule has 2 rings (SSSR count). The standard InChI is InChI=1S/C19H22ClNO2/c1-13-7-6-8-14(11-13)21(5)18(22)23-15-9-10-17(20)16(12-15)19(2,3)4/h6-12H,1-5H3. The van der Waals surface area contributed by atoms with Crippen molar-refractivity contribution in [1.29, 1.82) is 0 Å². The van der Waals surface area contributed by atoms with Crippen LogP contribution in [-0.4, -0.2) is 13.1 Å². The molecule has 2 aromatic carbocycles. The molecule has 0 spiro atoms. The number of hydrogen-bond donors (Lipinski definition) is 0. The zero-order valence-corrected chi connectivity index (χ0v) is 14.9. The van der Waals surface area contributed by atoms with Crippen LogP contribution in [0.4, 0.5) is 10.5 Å². The Bertz CT molecular complexity index is 720. The normalized spacial score (nSPS) is 11.2. The summed E-state index contributed by atoms with van der Waals surface area (Å²) in [6.45, 7) is 8.19. The minimum atomic E-state index is -0.433. The Morgan fingerprint density at radius 3 is 2.43 bits per heavy atom. The van der Waals surface area contributed by atoms with E-state index in [9.17, 15) is 4.79 Å². The fraction of sp³-hybridized carbons (Fsp3) is 0.316. The molecular formula is C19H22ClNO2. The minimum absolute atomic E-state index is 0.123. The van der Waals surface area contributed by atoms with Crippen molar-refractivity contribution in [3.05, 3.63) is 58.6 Å². The van der Waals surface area contributed by atoms with Crippen molar-refractivity contribution in [3.63, 3.8) is 0 Å². The first kappa shape index (κ1) is 17.4. The van der Waals surface area contributed by atoms with Crippen molar-refractivity contribution in [1.82, 2.24) is 0 Å². The molecule has 0 radical (unpaired) electrons. The lowest BCUT2D eigenvalue weighted by atomic mass is 9.87. The summed E-state index contributed by atoms with van der Waals surface area (Å²) in [4.78, 5) is 13.8. The lowest BCUT2D eigenvalue weighted by Crippen LogP contribution is -2.29. The second-order valence-corrected chi connectivity index (χ2v) is 7.06. The number of benzene rings is 2. The molecule has 0 atom stereocenters. The first-order valence-corrected chi connectivity index (χ1v) is 7.88. The number of anilines is 1. The number of carbonyl (C=O) groups excluding carboxylic acids is 1. The molecule has 0 bridgehead atoms. The largest absolute Gasteiger partial charge is 0.419 e. The molecule has 0 saturated carbocycles. The van der Waals surface area contributed by atoms with Crippen LogP contribution in [0.3, 0.4) is 0 Å². The molecule has 0 aliphatic heterocycles. The Labute approximate surface area is 142 Å². The molecule has 0 saturated heterocycles. The Morgan fingerprint density at radius 1 is 1.13 bits per heavy atom. The van der Waals surface area contributed by atoms with Crippen molar-refractivity contribution in [2.75, 3.05) is 11.9 Å². The molecule has 0 aromatic heterocycles. The van der Waals surface area contributed by atoms with Gasteiger partial charge < -0.3 is 4.74 Å². The summed E-state index contributed by atoms with van der Waals surface area (Å²) >= 11 is 6.24. The molecule has 0 aliphatic carbocycles. The van der Waals surface area contributed by atoms with Crippen LogP contribution in [0.5, 0.6) is 5.75 Å². The van der Waals surface area contributed by atoms with E-state index in [0.717, 1.165) is 16.8 Å². The first-order chi connectivity index (χ1) is 10.7. The fourth-order valence-electron chi connectivity index (χ4n) is 2.25. The highest BCUT2D eigenvalue weighted by Gasteiger charge is 2.20. The summed E-state index contributed by atoms with van der Waals surface area (Å²) in [5, 5.41) is 0.671. The van der Waals surface area contributed by atoms with E-state index in [2.05, 4.69) is 20.8 Å². The minimum Gasteiger partial charge on any atom is -0.410 e. The molecular weight excluding hydrogens is 310 g/mol. The third kappa shape index (κ3) is 4.26. The maximum Gasteiger partial charge on any atom is 0.419 e. The first-order valence-electron chi connectivity index (χ1n) is 7.51. The van der Waals surface area contributed by atoms with E-state index in [1.807, 2.05) is 37.3 Å². The molecule has 1 amide bonds. The lowest BCUT2D eigenvalue weighted by molar-refractivity contribution is 0.209. The van der Waals surface area contributed by atoms with Crippen LogP contribution in [0.2, 0.25) is 5.02 Å². The van der Waals surface area contributed by atoms with Gasteiger partial charge >= 0.3 is 6.09 Å². The summed E-state index contributed by atoms with van der Waals surface area (Å²) in [5.74, 6) is 0.490. The van der Waals surface area contributed by atoms with Crippen molar-refractivity contribution in [2.24, 2.45) is 0 Å². The molecule has 0 aliphatic rings. The fourth-order valence-corrected chi connectivity index (χ4v) is 2.65. The van der Waals surface area contributed by atoms with Gasteiger partial charge in [-0.15, -0.1) is 0 Å². The molecule has 0 heterocycles. The van der Waals surface area contributed by atoms with Crippen molar-refractivity contribution in [3.8, 4) is 5.75 Å². The Balaban J connectivity index is 2.20. The van der Waals surface area contributed by atoms with E-state index in [1.54, 1.807) is 19.2 Å². The van der Waals surface area contributed by atoms with E-state index in [4.69, 9.17) is 16.3 Å². The zero-order chi connectivity index (χ0) is 17.2. The summed E-state index contributed by atoms with van der Waals surface area (Å²) in [6, 6.07) is 13.0. The smallest absolute Gasteiger partial charge is 0.410 e. The van der Waals surface area contributed by atoms with Crippen molar-refractivity contribution in [2.45, 2.75) is 33.1 Å². The van der Waals surface area contributed by atoms with Gasteiger partial charge in [0.05, 0.1) is 0 Å². The van der Waals surface area contributed by atoms with Gasteiger partial charge in [0.15, 0.2) is 0 Å². The third-order valence-electron chi connectivity index (χ3n) is 3.61. The summed E-state index contributed by atoms with van der Waals surface area (Å²) in [5.41, 5.74) is 2.70. The van der Waals surface area contributed by atoms with Gasteiger partial charge in [-0.1, -0.05) is 44.5 Å². The van der Waals surface area contributed by atoms with Crippen LogP contribution in [0.1, 0.15) is 31.9 Å². The maximum absolute atomic E-state index is 12.3. The van der Waals surface area contributed by atoms with Crippen LogP contribution in [0.25, 0.3) is 0 Å². The quantitative estimate of drug-likeness (QED) is 0.718. The summed E-state index contributed by atoms with van der Waals surface area (Å²) in [6.07, 6.45) is -0.433. The Kier molecular flexibility index (Phi) is 5.00. The highest BCUT2D eigenvalue weighted by molar-refractivity contribution is 6.31. The second-order valence-electron chi connectivity index (χ2n) is 6.66. The SMILES string of the molecule is Cc1cccc(N(C)C(=O)Oc2ccc(Cl)c(C(C)(C)C)c2)c1. The van der Waals surface area contributed by atoms with Crippen LogP contribution < -0.4 is 9.64 Å². The van der Waals surface area contributed by atoms with Crippen molar-refractivity contribution < 1.29 is 9.53 Å². The van der Waals surface area contributed by atoms with Gasteiger partial charge in [0, 0.05) is 17.8 Å². The predicted octanol–water partition coefficient (Wildman–Crippen LogP) is 5.58. The molecule has 0 N–H and O–H groups in total. The van der Waals surface area contributed by atoms with Gasteiger partial charge in [-0.2, -0.15) is 0 Å². The number of hydrogen-bond acceptors (Lipinski definition) is 2. The van der Waals surface area contributed by atoms with Gasteiger partial charge in [0.25, 0.3) is 0 Å². The van der Waals surface area contributed by atoms with E-state index in [-0.39, 0.29) is 5.41 Å². The average molecular weight is 332 g/mol. The molecule has 23 heavy (non-hydrogen) atoms. The molecule has 2 aromatic rings.